The standard InChI is InChI=1S/C15H26N4O4S/c1-11-7-12(2)19(17-11)6-5-15(20)16-14-9-23-8-13(14)10-24(21,22)18(3)4/h7,13-14H,5-6,8-10H2,1-4H3,(H,16,20)/t13-,14+/m0/s1. The molecule has 1 amide bonds. The summed E-state index contributed by atoms with van der Waals surface area (Å²) >= 11 is 0. The lowest BCUT2D eigenvalue weighted by Gasteiger charge is -2.21. The van der Waals surface area contributed by atoms with Crippen LogP contribution in [0, 0.1) is 19.8 Å². The van der Waals surface area contributed by atoms with Gasteiger partial charge in [-0.3, -0.25) is 9.48 Å². The molecule has 9 heteroatoms. The molecule has 0 aromatic carbocycles. The molecule has 0 bridgehead atoms. The minimum absolute atomic E-state index is 0.0254. The summed E-state index contributed by atoms with van der Waals surface area (Å²) in [5.41, 5.74) is 1.94. The molecule has 136 valence electrons. The Labute approximate surface area is 143 Å². The monoisotopic (exact) mass is 358 g/mol. The van der Waals surface area contributed by atoms with E-state index in [1.165, 1.54) is 18.4 Å². The summed E-state index contributed by atoms with van der Waals surface area (Å²) in [5.74, 6) is -0.372. The van der Waals surface area contributed by atoms with E-state index in [2.05, 4.69) is 10.4 Å². The molecule has 2 heterocycles. The topological polar surface area (TPSA) is 93.5 Å². The maximum atomic E-state index is 12.2. The van der Waals surface area contributed by atoms with Crippen LogP contribution in [0.1, 0.15) is 17.8 Å². The van der Waals surface area contributed by atoms with Crippen LogP contribution in [0.15, 0.2) is 6.07 Å². The van der Waals surface area contributed by atoms with Crippen LogP contribution >= 0.6 is 0 Å². The molecule has 1 aliphatic heterocycles. The molecule has 0 aliphatic carbocycles. The first kappa shape index (κ1) is 18.9. The summed E-state index contributed by atoms with van der Waals surface area (Å²) in [6, 6.07) is 1.69. The summed E-state index contributed by atoms with van der Waals surface area (Å²) in [6.45, 7) is 5.05. The number of nitrogens with zero attached hydrogens (tertiary/aromatic N) is 3. The molecule has 2 rings (SSSR count). The Bertz CT molecular complexity index is 684. The van der Waals surface area contributed by atoms with E-state index < -0.39 is 10.0 Å². The fraction of sp³-hybridized carbons (Fsp3) is 0.733. The number of ether oxygens (including phenoxy) is 1. The number of hydrogen-bond donors (Lipinski definition) is 1. The van der Waals surface area contributed by atoms with E-state index >= 15 is 0 Å². The van der Waals surface area contributed by atoms with Crippen LogP contribution in [0.4, 0.5) is 0 Å². The van der Waals surface area contributed by atoms with Gasteiger partial charge in [0.1, 0.15) is 0 Å². The summed E-state index contributed by atoms with van der Waals surface area (Å²) in [4.78, 5) is 12.2. The molecule has 0 saturated carbocycles. The van der Waals surface area contributed by atoms with Crippen molar-refractivity contribution in [3.63, 3.8) is 0 Å². The zero-order valence-corrected chi connectivity index (χ0v) is 15.5. The molecular formula is C15H26N4O4S. The predicted molar refractivity (Wildman–Crippen MR) is 90.0 cm³/mol. The van der Waals surface area contributed by atoms with Crippen molar-refractivity contribution in [2.24, 2.45) is 5.92 Å². The van der Waals surface area contributed by atoms with E-state index in [0.717, 1.165) is 11.4 Å². The SMILES string of the molecule is Cc1cc(C)n(CCC(=O)N[C@@H]2COC[C@H]2CS(=O)(=O)N(C)C)n1. The smallest absolute Gasteiger partial charge is 0.222 e. The highest BCUT2D eigenvalue weighted by atomic mass is 32.2. The molecule has 1 fully saturated rings. The fourth-order valence-electron chi connectivity index (χ4n) is 2.73. The van der Waals surface area contributed by atoms with Crippen molar-refractivity contribution in [1.29, 1.82) is 0 Å². The van der Waals surface area contributed by atoms with Crippen LogP contribution in [0.2, 0.25) is 0 Å². The summed E-state index contributed by atoms with van der Waals surface area (Å²) < 4.78 is 32.4. The average molecular weight is 358 g/mol. The second kappa shape index (κ2) is 7.62. The van der Waals surface area contributed by atoms with Gasteiger partial charge < -0.3 is 10.1 Å². The molecule has 24 heavy (non-hydrogen) atoms. The minimum Gasteiger partial charge on any atom is -0.379 e. The van der Waals surface area contributed by atoms with E-state index in [9.17, 15) is 13.2 Å². The number of carbonyl (C=O) groups is 1. The Morgan fingerprint density at radius 2 is 2.12 bits per heavy atom. The molecule has 1 aliphatic rings. The molecule has 8 nitrogen and oxygen atoms in total. The van der Waals surface area contributed by atoms with E-state index in [1.807, 2.05) is 19.9 Å². The van der Waals surface area contributed by atoms with E-state index in [0.29, 0.717) is 26.2 Å². The van der Waals surface area contributed by atoms with Gasteiger partial charge in [0.25, 0.3) is 0 Å². The van der Waals surface area contributed by atoms with E-state index in [1.54, 1.807) is 4.68 Å². The zero-order chi connectivity index (χ0) is 17.9. The molecule has 1 aromatic heterocycles. The number of rotatable bonds is 7. The highest BCUT2D eigenvalue weighted by Gasteiger charge is 2.34. The lowest BCUT2D eigenvalue weighted by atomic mass is 10.1. The predicted octanol–water partition coefficient (Wildman–Crippen LogP) is -0.0874. The molecule has 1 saturated heterocycles. The minimum atomic E-state index is -3.32. The number of hydrogen-bond acceptors (Lipinski definition) is 5. The molecule has 0 unspecified atom stereocenters. The first-order valence-corrected chi connectivity index (χ1v) is 9.58. The van der Waals surface area contributed by atoms with Gasteiger partial charge in [0.05, 0.1) is 30.7 Å². The van der Waals surface area contributed by atoms with Gasteiger partial charge >= 0.3 is 0 Å². The first-order chi connectivity index (χ1) is 11.2. The third kappa shape index (κ3) is 4.78. The van der Waals surface area contributed by atoms with Gasteiger partial charge in [-0.1, -0.05) is 0 Å². The van der Waals surface area contributed by atoms with Crippen LogP contribution < -0.4 is 5.32 Å². The van der Waals surface area contributed by atoms with Gasteiger partial charge in [0.2, 0.25) is 15.9 Å². The highest BCUT2D eigenvalue weighted by molar-refractivity contribution is 7.89. The van der Waals surface area contributed by atoms with E-state index in [4.69, 9.17) is 4.74 Å². The largest absolute Gasteiger partial charge is 0.379 e. The number of carbonyl (C=O) groups excluding carboxylic acids is 1. The van der Waals surface area contributed by atoms with Crippen LogP contribution in [-0.2, 0) is 26.1 Å². The first-order valence-electron chi connectivity index (χ1n) is 7.97. The lowest BCUT2D eigenvalue weighted by molar-refractivity contribution is -0.122. The molecule has 0 spiro atoms. The Morgan fingerprint density at radius 1 is 1.42 bits per heavy atom. The Morgan fingerprint density at radius 3 is 2.71 bits per heavy atom. The number of aromatic nitrogens is 2. The number of sulfonamides is 1. The summed E-state index contributed by atoms with van der Waals surface area (Å²) in [5, 5.41) is 7.22. The van der Waals surface area contributed by atoms with Gasteiger partial charge in [-0.2, -0.15) is 5.10 Å². The number of aryl methyl sites for hydroxylation is 3. The van der Waals surface area contributed by atoms with Crippen molar-refractivity contribution in [2.75, 3.05) is 33.1 Å². The summed E-state index contributed by atoms with van der Waals surface area (Å²) in [6.07, 6.45) is 0.297. The zero-order valence-electron chi connectivity index (χ0n) is 14.7. The quantitative estimate of drug-likeness (QED) is 0.735. The molecule has 1 aromatic rings. The van der Waals surface area contributed by atoms with Gasteiger partial charge in [0.15, 0.2) is 0 Å². The second-order valence-corrected chi connectivity index (χ2v) is 8.66. The Balaban J connectivity index is 1.87. The summed E-state index contributed by atoms with van der Waals surface area (Å²) in [7, 11) is -0.306. The van der Waals surface area contributed by atoms with Crippen LogP contribution in [0.25, 0.3) is 0 Å². The van der Waals surface area contributed by atoms with Crippen LogP contribution in [0.3, 0.4) is 0 Å². The van der Waals surface area contributed by atoms with E-state index in [-0.39, 0.29) is 23.6 Å². The second-order valence-electron chi connectivity index (χ2n) is 6.43. The van der Waals surface area contributed by atoms with Crippen LogP contribution in [0.5, 0.6) is 0 Å². The van der Waals surface area contributed by atoms with Crippen molar-refractivity contribution in [2.45, 2.75) is 32.9 Å². The average Bonchev–Trinajstić information content (AvgIpc) is 3.02. The molecule has 0 radical (unpaired) electrons. The highest BCUT2D eigenvalue weighted by Crippen LogP contribution is 2.17. The maximum Gasteiger partial charge on any atom is 0.222 e. The third-order valence-electron chi connectivity index (χ3n) is 4.18. The maximum absolute atomic E-state index is 12.2. The molecule has 1 N–H and O–H groups in total. The third-order valence-corrected chi connectivity index (χ3v) is 6.14. The van der Waals surface area contributed by atoms with Gasteiger partial charge in [-0.25, -0.2) is 12.7 Å². The normalized spacial score (nSPS) is 21.4. The van der Waals surface area contributed by atoms with Gasteiger partial charge in [-0.05, 0) is 19.9 Å². The van der Waals surface area contributed by atoms with Crippen molar-refractivity contribution >= 4 is 15.9 Å². The fourth-order valence-corrected chi connectivity index (χ4v) is 3.90. The van der Waals surface area contributed by atoms with Crippen molar-refractivity contribution in [3.8, 4) is 0 Å². The van der Waals surface area contributed by atoms with Crippen LogP contribution in [-0.4, -0.2) is 67.5 Å². The Kier molecular flexibility index (Phi) is 6.00. The van der Waals surface area contributed by atoms with Gasteiger partial charge in [-0.15, -0.1) is 0 Å². The number of nitrogens with one attached hydrogen (secondary N) is 1. The van der Waals surface area contributed by atoms with Crippen molar-refractivity contribution in [3.05, 3.63) is 17.5 Å². The molecule has 2 atom stereocenters. The molecular weight excluding hydrogens is 332 g/mol. The van der Waals surface area contributed by atoms with Crippen molar-refractivity contribution < 1.29 is 17.9 Å². The lowest BCUT2D eigenvalue weighted by Crippen LogP contribution is -2.43. The number of amides is 1. The van der Waals surface area contributed by atoms with Gasteiger partial charge in [0, 0.05) is 38.7 Å². The van der Waals surface area contributed by atoms with Crippen molar-refractivity contribution in [1.82, 2.24) is 19.4 Å². The Hall–Kier alpha value is -1.45.